The number of benzene rings is 2. The van der Waals surface area contributed by atoms with E-state index in [1.165, 1.54) is 5.56 Å². The molecule has 0 saturated carbocycles. The molecule has 0 saturated heterocycles. The molecule has 22 heavy (non-hydrogen) atoms. The molecule has 4 nitrogen and oxygen atoms in total. The molecule has 0 unspecified atom stereocenters. The summed E-state index contributed by atoms with van der Waals surface area (Å²) in [5.41, 5.74) is 2.23. The summed E-state index contributed by atoms with van der Waals surface area (Å²) in [4.78, 5) is 0. The first-order valence-electron chi connectivity index (χ1n) is 7.38. The third-order valence-corrected chi connectivity index (χ3v) is 3.65. The summed E-state index contributed by atoms with van der Waals surface area (Å²) < 4.78 is 10.6. The van der Waals surface area contributed by atoms with Crippen LogP contribution in [0.1, 0.15) is 23.6 Å². The molecule has 0 aromatic heterocycles. The van der Waals surface area contributed by atoms with Gasteiger partial charge >= 0.3 is 0 Å². The highest BCUT2D eigenvalue weighted by Crippen LogP contribution is 2.25. The Kier molecular flexibility index (Phi) is 6.25. The number of aliphatic hydroxyl groups excluding tert-OH is 1. The molecule has 1 atom stereocenters. The lowest BCUT2D eigenvalue weighted by Crippen LogP contribution is -2.22. The maximum atomic E-state index is 9.28. The van der Waals surface area contributed by atoms with E-state index < -0.39 is 0 Å². The van der Waals surface area contributed by atoms with Gasteiger partial charge in [0.1, 0.15) is 11.5 Å². The number of rotatable bonds is 8. The second-order valence-corrected chi connectivity index (χ2v) is 5.03. The largest absolute Gasteiger partial charge is 0.497 e. The molecular weight excluding hydrogens is 278 g/mol. The highest BCUT2D eigenvalue weighted by Gasteiger charge is 2.12. The van der Waals surface area contributed by atoms with Gasteiger partial charge in [0.2, 0.25) is 0 Å². The van der Waals surface area contributed by atoms with E-state index in [1.54, 1.807) is 14.2 Å². The van der Waals surface area contributed by atoms with Crippen molar-refractivity contribution < 1.29 is 14.6 Å². The van der Waals surface area contributed by atoms with E-state index in [2.05, 4.69) is 17.4 Å². The number of ether oxygens (including phenoxy) is 2. The zero-order valence-corrected chi connectivity index (χ0v) is 13.1. The van der Waals surface area contributed by atoms with Crippen LogP contribution in [-0.4, -0.2) is 25.9 Å². The van der Waals surface area contributed by atoms with Gasteiger partial charge in [-0.3, -0.25) is 0 Å². The lowest BCUT2D eigenvalue weighted by Gasteiger charge is -2.19. The number of hydrogen-bond acceptors (Lipinski definition) is 4. The fraction of sp³-hybridized carbons (Fsp3) is 0.333. The van der Waals surface area contributed by atoms with E-state index >= 15 is 0 Å². The maximum Gasteiger partial charge on any atom is 0.127 e. The molecule has 2 aromatic carbocycles. The van der Waals surface area contributed by atoms with Gasteiger partial charge in [-0.15, -0.1) is 0 Å². The summed E-state index contributed by atoms with van der Waals surface area (Å²) in [6, 6.07) is 16.0. The van der Waals surface area contributed by atoms with E-state index in [0.717, 1.165) is 17.1 Å². The van der Waals surface area contributed by atoms with Crippen molar-refractivity contribution >= 4 is 0 Å². The molecule has 0 radical (unpaired) electrons. The Morgan fingerprint density at radius 1 is 1.05 bits per heavy atom. The van der Waals surface area contributed by atoms with Crippen molar-refractivity contribution in [2.45, 2.75) is 19.0 Å². The monoisotopic (exact) mass is 301 g/mol. The van der Waals surface area contributed by atoms with Crippen molar-refractivity contribution in [3.05, 3.63) is 59.7 Å². The smallest absolute Gasteiger partial charge is 0.127 e. The van der Waals surface area contributed by atoms with E-state index in [9.17, 15) is 5.11 Å². The quantitative estimate of drug-likeness (QED) is 0.787. The standard InChI is InChI=1S/C18H23NO3/c1-21-16-9-8-15(18(12-16)22-2)13-19-17(10-11-20)14-6-4-3-5-7-14/h3-9,12,17,19-20H,10-11,13H2,1-2H3/t17-/m1/s1. The van der Waals surface area contributed by atoms with Crippen LogP contribution < -0.4 is 14.8 Å². The topological polar surface area (TPSA) is 50.7 Å². The van der Waals surface area contributed by atoms with Gasteiger partial charge in [-0.2, -0.15) is 0 Å². The Labute approximate surface area is 131 Å². The molecule has 0 spiro atoms. The van der Waals surface area contributed by atoms with Crippen molar-refractivity contribution in [1.82, 2.24) is 5.32 Å². The van der Waals surface area contributed by atoms with Crippen LogP contribution in [-0.2, 0) is 6.54 Å². The van der Waals surface area contributed by atoms with Gasteiger partial charge in [0.15, 0.2) is 0 Å². The van der Waals surface area contributed by atoms with Crippen LogP contribution in [0.15, 0.2) is 48.5 Å². The second-order valence-electron chi connectivity index (χ2n) is 5.03. The van der Waals surface area contributed by atoms with Crippen molar-refractivity contribution in [3.8, 4) is 11.5 Å². The first-order chi connectivity index (χ1) is 10.8. The average molecular weight is 301 g/mol. The van der Waals surface area contributed by atoms with Crippen molar-refractivity contribution in [2.75, 3.05) is 20.8 Å². The minimum atomic E-state index is 0.109. The maximum absolute atomic E-state index is 9.28. The first-order valence-corrected chi connectivity index (χ1v) is 7.38. The van der Waals surface area contributed by atoms with Crippen LogP contribution in [0, 0.1) is 0 Å². The molecule has 0 aliphatic rings. The summed E-state index contributed by atoms with van der Waals surface area (Å²) in [5, 5.41) is 12.8. The van der Waals surface area contributed by atoms with E-state index in [1.807, 2.05) is 36.4 Å². The SMILES string of the molecule is COc1ccc(CN[C@H](CCO)c2ccccc2)c(OC)c1. The van der Waals surface area contributed by atoms with E-state index in [4.69, 9.17) is 9.47 Å². The molecule has 0 aliphatic heterocycles. The minimum Gasteiger partial charge on any atom is -0.497 e. The van der Waals surface area contributed by atoms with Gasteiger partial charge in [-0.05, 0) is 18.1 Å². The predicted octanol–water partition coefficient (Wildman–Crippen LogP) is 2.92. The number of methoxy groups -OCH3 is 2. The molecular formula is C18H23NO3. The van der Waals surface area contributed by atoms with Crippen molar-refractivity contribution in [3.63, 3.8) is 0 Å². The fourth-order valence-corrected chi connectivity index (χ4v) is 2.43. The fourth-order valence-electron chi connectivity index (χ4n) is 2.43. The summed E-state index contributed by atoms with van der Waals surface area (Å²) in [6.45, 7) is 0.805. The highest BCUT2D eigenvalue weighted by atomic mass is 16.5. The van der Waals surface area contributed by atoms with Gasteiger partial charge in [0.05, 0.1) is 14.2 Å². The molecule has 0 bridgehead atoms. The van der Waals surface area contributed by atoms with Gasteiger partial charge in [0, 0.05) is 30.8 Å². The third kappa shape index (κ3) is 4.23. The molecule has 2 aromatic rings. The lowest BCUT2D eigenvalue weighted by atomic mass is 10.0. The van der Waals surface area contributed by atoms with E-state index in [0.29, 0.717) is 13.0 Å². The average Bonchev–Trinajstić information content (AvgIpc) is 2.59. The zero-order chi connectivity index (χ0) is 15.8. The van der Waals surface area contributed by atoms with Gasteiger partial charge in [-0.1, -0.05) is 36.4 Å². The van der Waals surface area contributed by atoms with Crippen LogP contribution >= 0.6 is 0 Å². The van der Waals surface area contributed by atoms with E-state index in [-0.39, 0.29) is 12.6 Å². The van der Waals surface area contributed by atoms with Gasteiger partial charge in [0.25, 0.3) is 0 Å². The minimum absolute atomic E-state index is 0.109. The predicted molar refractivity (Wildman–Crippen MR) is 87.3 cm³/mol. The summed E-state index contributed by atoms with van der Waals surface area (Å²) in [6.07, 6.45) is 0.669. The molecule has 0 aliphatic carbocycles. The Bertz CT molecular complexity index is 572. The summed E-state index contributed by atoms with van der Waals surface area (Å²) in [5.74, 6) is 1.57. The third-order valence-electron chi connectivity index (χ3n) is 3.65. The number of hydrogen-bond donors (Lipinski definition) is 2. The molecule has 2 rings (SSSR count). The molecule has 2 N–H and O–H groups in total. The Hall–Kier alpha value is -2.04. The number of aliphatic hydroxyl groups is 1. The second kappa shape index (κ2) is 8.41. The Balaban J connectivity index is 2.09. The Morgan fingerprint density at radius 3 is 2.45 bits per heavy atom. The number of nitrogens with one attached hydrogen (secondary N) is 1. The molecule has 0 fully saturated rings. The van der Waals surface area contributed by atoms with Crippen LogP contribution in [0.25, 0.3) is 0 Å². The van der Waals surface area contributed by atoms with Crippen molar-refractivity contribution in [1.29, 1.82) is 0 Å². The van der Waals surface area contributed by atoms with Crippen LogP contribution in [0.3, 0.4) is 0 Å². The molecule has 0 heterocycles. The molecule has 4 heteroatoms. The summed E-state index contributed by atoms with van der Waals surface area (Å²) in [7, 11) is 3.29. The Morgan fingerprint density at radius 2 is 1.82 bits per heavy atom. The molecule has 0 amide bonds. The van der Waals surface area contributed by atoms with Crippen LogP contribution in [0.2, 0.25) is 0 Å². The van der Waals surface area contributed by atoms with Crippen molar-refractivity contribution in [2.24, 2.45) is 0 Å². The van der Waals surface area contributed by atoms with Crippen LogP contribution in [0.4, 0.5) is 0 Å². The zero-order valence-electron chi connectivity index (χ0n) is 13.1. The molecule has 118 valence electrons. The normalized spacial score (nSPS) is 12.0. The summed E-state index contributed by atoms with van der Waals surface area (Å²) >= 11 is 0. The first kappa shape index (κ1) is 16.3. The van der Waals surface area contributed by atoms with Gasteiger partial charge in [-0.25, -0.2) is 0 Å². The van der Waals surface area contributed by atoms with Gasteiger partial charge < -0.3 is 19.9 Å². The highest BCUT2D eigenvalue weighted by molar-refractivity contribution is 5.40. The van der Waals surface area contributed by atoms with Crippen LogP contribution in [0.5, 0.6) is 11.5 Å². The lowest BCUT2D eigenvalue weighted by molar-refractivity contribution is 0.264.